The minimum Gasteiger partial charge on any atom is -0.339 e. The van der Waals surface area contributed by atoms with Crippen LogP contribution in [0.4, 0.5) is 27.7 Å². The number of carbonyl (C=O) groups excluding carboxylic acids is 1. The van der Waals surface area contributed by atoms with Gasteiger partial charge in [0.2, 0.25) is 0 Å². The molecule has 0 saturated carbocycles. The third-order valence-electron chi connectivity index (χ3n) is 3.34. The zero-order chi connectivity index (χ0) is 17.6. The standard InChI is InChI=1S/C18H16ClN5O/c1-12-6-11-17(24-23-12)20-13-7-9-14(10-8-13)21-18(25)22-16-5-3-2-4-15(16)19/h2-11H,1H3,(H,20,24)(H2,21,22,25). The number of aryl methyl sites for hydroxylation is 1. The van der Waals surface area contributed by atoms with Crippen molar-refractivity contribution in [1.82, 2.24) is 10.2 Å². The predicted molar refractivity (Wildman–Crippen MR) is 101 cm³/mol. The fraction of sp³-hybridized carbons (Fsp3) is 0.0556. The van der Waals surface area contributed by atoms with E-state index >= 15 is 0 Å². The van der Waals surface area contributed by atoms with Gasteiger partial charge in [0, 0.05) is 11.4 Å². The highest BCUT2D eigenvalue weighted by Crippen LogP contribution is 2.21. The Labute approximate surface area is 150 Å². The molecule has 25 heavy (non-hydrogen) atoms. The van der Waals surface area contributed by atoms with Gasteiger partial charge in [-0.05, 0) is 55.5 Å². The Bertz CT molecular complexity index is 865. The van der Waals surface area contributed by atoms with Crippen molar-refractivity contribution < 1.29 is 4.79 Å². The Hall–Kier alpha value is -3.12. The van der Waals surface area contributed by atoms with Gasteiger partial charge in [-0.1, -0.05) is 23.7 Å². The Kier molecular flexibility index (Phi) is 5.11. The largest absolute Gasteiger partial charge is 0.339 e. The molecule has 0 aliphatic heterocycles. The van der Waals surface area contributed by atoms with E-state index in [0.717, 1.165) is 11.4 Å². The van der Waals surface area contributed by atoms with Crippen molar-refractivity contribution in [2.45, 2.75) is 6.92 Å². The van der Waals surface area contributed by atoms with Gasteiger partial charge in [0.1, 0.15) is 0 Å². The topological polar surface area (TPSA) is 78.9 Å². The van der Waals surface area contributed by atoms with Gasteiger partial charge in [-0.15, -0.1) is 5.10 Å². The molecule has 0 saturated heterocycles. The normalized spacial score (nSPS) is 10.2. The first-order chi connectivity index (χ1) is 12.1. The zero-order valence-electron chi connectivity index (χ0n) is 13.5. The van der Waals surface area contributed by atoms with E-state index in [4.69, 9.17) is 11.6 Å². The van der Waals surface area contributed by atoms with Gasteiger partial charge in [-0.3, -0.25) is 0 Å². The van der Waals surface area contributed by atoms with Crippen LogP contribution in [0.1, 0.15) is 5.69 Å². The van der Waals surface area contributed by atoms with Crippen molar-refractivity contribution in [3.63, 3.8) is 0 Å². The fourth-order valence-corrected chi connectivity index (χ4v) is 2.28. The molecule has 1 aromatic heterocycles. The highest BCUT2D eigenvalue weighted by atomic mass is 35.5. The van der Waals surface area contributed by atoms with Gasteiger partial charge in [-0.2, -0.15) is 5.10 Å². The number of hydrogen-bond donors (Lipinski definition) is 3. The molecule has 0 atom stereocenters. The van der Waals surface area contributed by atoms with Crippen molar-refractivity contribution in [3.05, 3.63) is 71.4 Å². The molecule has 126 valence electrons. The van der Waals surface area contributed by atoms with Crippen LogP contribution in [-0.4, -0.2) is 16.2 Å². The minimum absolute atomic E-state index is 0.363. The molecule has 7 heteroatoms. The van der Waals surface area contributed by atoms with Gasteiger partial charge in [0.05, 0.1) is 16.4 Å². The van der Waals surface area contributed by atoms with Gasteiger partial charge in [-0.25, -0.2) is 4.79 Å². The minimum atomic E-state index is -0.363. The molecule has 0 fully saturated rings. The second-order valence-corrected chi connectivity index (χ2v) is 5.73. The van der Waals surface area contributed by atoms with Crippen LogP contribution in [0.15, 0.2) is 60.7 Å². The van der Waals surface area contributed by atoms with Crippen LogP contribution < -0.4 is 16.0 Å². The number of nitrogens with one attached hydrogen (secondary N) is 3. The summed E-state index contributed by atoms with van der Waals surface area (Å²) in [6.45, 7) is 1.88. The summed E-state index contributed by atoms with van der Waals surface area (Å²) in [5.41, 5.74) is 2.91. The number of amides is 2. The Balaban J connectivity index is 1.59. The van der Waals surface area contributed by atoms with E-state index in [1.165, 1.54) is 0 Å². The number of halogens is 1. The first-order valence-corrected chi connectivity index (χ1v) is 7.98. The van der Waals surface area contributed by atoms with Crippen molar-refractivity contribution >= 4 is 40.5 Å². The van der Waals surface area contributed by atoms with E-state index in [-0.39, 0.29) is 6.03 Å². The molecule has 0 spiro atoms. The average Bonchev–Trinajstić information content (AvgIpc) is 2.61. The second kappa shape index (κ2) is 7.63. The molecule has 0 unspecified atom stereocenters. The van der Waals surface area contributed by atoms with Crippen LogP contribution in [0.2, 0.25) is 5.02 Å². The Morgan fingerprint density at radius 2 is 1.60 bits per heavy atom. The molecule has 0 aliphatic rings. The highest BCUT2D eigenvalue weighted by molar-refractivity contribution is 6.33. The van der Waals surface area contributed by atoms with Crippen molar-refractivity contribution in [2.24, 2.45) is 0 Å². The maximum atomic E-state index is 12.0. The maximum absolute atomic E-state index is 12.0. The van der Waals surface area contributed by atoms with E-state index in [9.17, 15) is 4.79 Å². The van der Waals surface area contributed by atoms with Crippen LogP contribution in [0.25, 0.3) is 0 Å². The van der Waals surface area contributed by atoms with Crippen LogP contribution in [0, 0.1) is 6.92 Å². The zero-order valence-corrected chi connectivity index (χ0v) is 14.2. The molecule has 1 heterocycles. The number of hydrogen-bond acceptors (Lipinski definition) is 4. The maximum Gasteiger partial charge on any atom is 0.323 e. The molecule has 3 rings (SSSR count). The predicted octanol–water partition coefficient (Wildman–Crippen LogP) is 4.83. The van der Waals surface area contributed by atoms with Crippen molar-refractivity contribution in [1.29, 1.82) is 0 Å². The Morgan fingerprint density at radius 1 is 0.880 bits per heavy atom. The summed E-state index contributed by atoms with van der Waals surface area (Å²) in [5, 5.41) is 17.1. The molecule has 0 bridgehead atoms. The van der Waals surface area contributed by atoms with E-state index < -0.39 is 0 Å². The Morgan fingerprint density at radius 3 is 2.28 bits per heavy atom. The molecule has 2 amide bonds. The highest BCUT2D eigenvalue weighted by Gasteiger charge is 2.05. The number of benzene rings is 2. The van der Waals surface area contributed by atoms with Crippen LogP contribution >= 0.6 is 11.6 Å². The lowest BCUT2D eigenvalue weighted by Crippen LogP contribution is -2.19. The van der Waals surface area contributed by atoms with Crippen molar-refractivity contribution in [2.75, 3.05) is 16.0 Å². The summed E-state index contributed by atoms with van der Waals surface area (Å²) in [7, 11) is 0. The number of anilines is 4. The number of carbonyl (C=O) groups is 1. The summed E-state index contributed by atoms with van der Waals surface area (Å²) in [6.07, 6.45) is 0. The SMILES string of the molecule is Cc1ccc(Nc2ccc(NC(=O)Nc3ccccc3Cl)cc2)nn1. The van der Waals surface area contributed by atoms with E-state index in [0.29, 0.717) is 22.2 Å². The number of nitrogens with zero attached hydrogens (tertiary/aromatic N) is 2. The number of para-hydroxylation sites is 1. The van der Waals surface area contributed by atoms with Gasteiger partial charge >= 0.3 is 6.03 Å². The summed E-state index contributed by atoms with van der Waals surface area (Å²) in [4.78, 5) is 12.0. The molecule has 0 aliphatic carbocycles. The summed E-state index contributed by atoms with van der Waals surface area (Å²) in [5.74, 6) is 0.655. The van der Waals surface area contributed by atoms with Crippen molar-refractivity contribution in [3.8, 4) is 0 Å². The van der Waals surface area contributed by atoms with Gasteiger partial charge in [0.15, 0.2) is 5.82 Å². The molecule has 3 aromatic rings. The third kappa shape index (κ3) is 4.68. The molecular formula is C18H16ClN5O. The average molecular weight is 354 g/mol. The van der Waals surface area contributed by atoms with Gasteiger partial charge in [0.25, 0.3) is 0 Å². The smallest absolute Gasteiger partial charge is 0.323 e. The number of urea groups is 1. The monoisotopic (exact) mass is 353 g/mol. The molecule has 3 N–H and O–H groups in total. The van der Waals surface area contributed by atoms with E-state index in [1.54, 1.807) is 36.4 Å². The van der Waals surface area contributed by atoms with E-state index in [1.807, 2.05) is 31.2 Å². The lowest BCUT2D eigenvalue weighted by molar-refractivity contribution is 0.262. The van der Waals surface area contributed by atoms with Gasteiger partial charge < -0.3 is 16.0 Å². The van der Waals surface area contributed by atoms with Crippen LogP contribution in [0.5, 0.6) is 0 Å². The number of rotatable bonds is 4. The van der Waals surface area contributed by atoms with E-state index in [2.05, 4.69) is 26.1 Å². The molecule has 0 radical (unpaired) electrons. The summed E-state index contributed by atoms with van der Waals surface area (Å²) >= 11 is 6.02. The lowest BCUT2D eigenvalue weighted by atomic mass is 10.2. The lowest BCUT2D eigenvalue weighted by Gasteiger charge is -2.10. The summed E-state index contributed by atoms with van der Waals surface area (Å²) < 4.78 is 0. The third-order valence-corrected chi connectivity index (χ3v) is 3.66. The second-order valence-electron chi connectivity index (χ2n) is 5.32. The molecular weight excluding hydrogens is 338 g/mol. The van der Waals surface area contributed by atoms with Crippen LogP contribution in [-0.2, 0) is 0 Å². The first-order valence-electron chi connectivity index (χ1n) is 7.60. The number of aromatic nitrogens is 2. The first kappa shape index (κ1) is 16.7. The fourth-order valence-electron chi connectivity index (χ4n) is 2.10. The molecule has 2 aromatic carbocycles. The summed E-state index contributed by atoms with van der Waals surface area (Å²) in [6, 6.07) is 17.7. The quantitative estimate of drug-likeness (QED) is 0.628. The molecule has 6 nitrogen and oxygen atoms in total. The van der Waals surface area contributed by atoms with Crippen LogP contribution in [0.3, 0.4) is 0 Å².